The standard InChI is InChI=1S/C7H8BrNO2/c1-2-11-6-4-9-3-5(8)7(6)10/h3-4H,2H2,1H3,(H,9,10). The second-order valence-corrected chi connectivity index (χ2v) is 2.78. The first kappa shape index (κ1) is 8.33. The van der Waals surface area contributed by atoms with E-state index in [0.29, 0.717) is 16.8 Å². The summed E-state index contributed by atoms with van der Waals surface area (Å²) >= 11 is 3.09. The lowest BCUT2D eigenvalue weighted by Gasteiger charge is -2.00. The van der Waals surface area contributed by atoms with Crippen LogP contribution in [0.25, 0.3) is 0 Å². The molecule has 0 radical (unpaired) electrons. The molecule has 0 unspecified atom stereocenters. The molecule has 1 N–H and O–H groups in total. The molecule has 0 aliphatic rings. The molecule has 60 valence electrons. The molecule has 0 saturated heterocycles. The smallest absolute Gasteiger partial charge is 0.237 e. The zero-order chi connectivity index (χ0) is 8.27. The van der Waals surface area contributed by atoms with Gasteiger partial charge < -0.3 is 9.72 Å². The van der Waals surface area contributed by atoms with Gasteiger partial charge in [-0.25, -0.2) is 0 Å². The average Bonchev–Trinajstić information content (AvgIpc) is 1.99. The molecule has 1 heterocycles. The highest BCUT2D eigenvalue weighted by atomic mass is 79.9. The van der Waals surface area contributed by atoms with Crippen molar-refractivity contribution in [2.24, 2.45) is 0 Å². The summed E-state index contributed by atoms with van der Waals surface area (Å²) in [5, 5.41) is 0. The lowest BCUT2D eigenvalue weighted by molar-refractivity contribution is 0.335. The van der Waals surface area contributed by atoms with Crippen molar-refractivity contribution >= 4 is 15.9 Å². The van der Waals surface area contributed by atoms with Crippen LogP contribution >= 0.6 is 15.9 Å². The third-order valence-electron chi connectivity index (χ3n) is 1.17. The fourth-order valence-corrected chi connectivity index (χ4v) is 1.03. The van der Waals surface area contributed by atoms with Crippen molar-refractivity contribution in [2.75, 3.05) is 6.61 Å². The molecule has 4 heteroatoms. The quantitative estimate of drug-likeness (QED) is 0.817. The normalized spacial score (nSPS) is 9.64. The molecule has 0 atom stereocenters. The number of hydrogen-bond donors (Lipinski definition) is 1. The SMILES string of the molecule is CCOc1c[nH]cc(Br)c1=O. The van der Waals surface area contributed by atoms with Crippen molar-refractivity contribution in [3.63, 3.8) is 0 Å². The van der Waals surface area contributed by atoms with Crippen LogP contribution in [0.4, 0.5) is 0 Å². The summed E-state index contributed by atoms with van der Waals surface area (Å²) < 4.78 is 5.53. The van der Waals surface area contributed by atoms with Gasteiger partial charge in [-0.1, -0.05) is 0 Å². The van der Waals surface area contributed by atoms with Crippen molar-refractivity contribution in [1.29, 1.82) is 0 Å². The Kier molecular flexibility index (Phi) is 2.70. The molecule has 3 nitrogen and oxygen atoms in total. The third kappa shape index (κ3) is 1.83. The number of hydrogen-bond acceptors (Lipinski definition) is 2. The number of halogens is 1. The van der Waals surface area contributed by atoms with Crippen molar-refractivity contribution in [3.8, 4) is 5.75 Å². The molecular formula is C7H8BrNO2. The number of nitrogens with one attached hydrogen (secondary N) is 1. The minimum Gasteiger partial charge on any atom is -0.488 e. The fraction of sp³-hybridized carbons (Fsp3) is 0.286. The second-order valence-electron chi connectivity index (χ2n) is 1.93. The van der Waals surface area contributed by atoms with Gasteiger partial charge in [-0.3, -0.25) is 4.79 Å². The highest BCUT2D eigenvalue weighted by Crippen LogP contribution is 2.06. The van der Waals surface area contributed by atoms with Gasteiger partial charge in [-0.15, -0.1) is 0 Å². The van der Waals surface area contributed by atoms with Gasteiger partial charge in [-0.05, 0) is 22.9 Å². The van der Waals surface area contributed by atoms with Crippen molar-refractivity contribution in [2.45, 2.75) is 6.92 Å². The molecule has 0 aliphatic heterocycles. The number of aromatic amines is 1. The molecule has 11 heavy (non-hydrogen) atoms. The summed E-state index contributed by atoms with van der Waals surface area (Å²) in [5.74, 6) is 0.349. The van der Waals surface area contributed by atoms with Gasteiger partial charge in [0.05, 0.1) is 11.1 Å². The molecular weight excluding hydrogens is 210 g/mol. The Hall–Kier alpha value is -0.770. The summed E-state index contributed by atoms with van der Waals surface area (Å²) in [4.78, 5) is 13.9. The Balaban J connectivity index is 3.07. The van der Waals surface area contributed by atoms with E-state index in [0.717, 1.165) is 0 Å². The summed E-state index contributed by atoms with van der Waals surface area (Å²) in [6, 6.07) is 0. The average molecular weight is 218 g/mol. The van der Waals surface area contributed by atoms with Gasteiger partial charge in [0, 0.05) is 12.4 Å². The van der Waals surface area contributed by atoms with E-state index in [9.17, 15) is 4.79 Å². The topological polar surface area (TPSA) is 42.1 Å². The molecule has 0 aliphatic carbocycles. The molecule has 1 aromatic heterocycles. The minimum atomic E-state index is -0.120. The van der Waals surface area contributed by atoms with Crippen LogP contribution in [0.3, 0.4) is 0 Å². The molecule has 0 aromatic carbocycles. The van der Waals surface area contributed by atoms with Crippen LogP contribution in [0.5, 0.6) is 5.75 Å². The van der Waals surface area contributed by atoms with Crippen LogP contribution in [-0.2, 0) is 0 Å². The maximum atomic E-state index is 11.2. The van der Waals surface area contributed by atoms with Crippen LogP contribution in [0, 0.1) is 0 Å². The number of aromatic nitrogens is 1. The van der Waals surface area contributed by atoms with Crippen LogP contribution < -0.4 is 10.2 Å². The number of pyridine rings is 1. The number of H-pyrrole nitrogens is 1. The van der Waals surface area contributed by atoms with Gasteiger partial charge in [0.15, 0.2) is 5.75 Å². The van der Waals surface area contributed by atoms with E-state index in [1.54, 1.807) is 6.20 Å². The summed E-state index contributed by atoms with van der Waals surface area (Å²) in [5.41, 5.74) is -0.120. The Bertz CT molecular complexity index is 295. The van der Waals surface area contributed by atoms with E-state index in [2.05, 4.69) is 20.9 Å². The van der Waals surface area contributed by atoms with Crippen LogP contribution in [0.2, 0.25) is 0 Å². The van der Waals surface area contributed by atoms with E-state index in [4.69, 9.17) is 4.74 Å². The van der Waals surface area contributed by atoms with Crippen molar-refractivity contribution < 1.29 is 4.74 Å². The molecule has 0 amide bonds. The first-order valence-corrected chi connectivity index (χ1v) is 4.04. The Labute approximate surface area is 72.5 Å². The summed E-state index contributed by atoms with van der Waals surface area (Å²) in [7, 11) is 0. The Morgan fingerprint density at radius 3 is 3.00 bits per heavy atom. The first-order valence-electron chi connectivity index (χ1n) is 3.25. The predicted molar refractivity (Wildman–Crippen MR) is 45.9 cm³/mol. The maximum Gasteiger partial charge on any atom is 0.237 e. The summed E-state index contributed by atoms with van der Waals surface area (Å²) in [6.45, 7) is 2.33. The monoisotopic (exact) mass is 217 g/mol. The lowest BCUT2D eigenvalue weighted by atomic mass is 10.4. The lowest BCUT2D eigenvalue weighted by Crippen LogP contribution is -2.08. The number of ether oxygens (including phenoxy) is 1. The molecule has 0 fully saturated rings. The molecule has 0 saturated carbocycles. The highest BCUT2D eigenvalue weighted by molar-refractivity contribution is 9.10. The molecule has 1 aromatic rings. The van der Waals surface area contributed by atoms with Crippen molar-refractivity contribution in [1.82, 2.24) is 4.98 Å². The van der Waals surface area contributed by atoms with E-state index in [1.165, 1.54) is 6.20 Å². The van der Waals surface area contributed by atoms with Gasteiger partial charge in [-0.2, -0.15) is 0 Å². The first-order chi connectivity index (χ1) is 5.25. The van der Waals surface area contributed by atoms with Crippen LogP contribution in [0.15, 0.2) is 21.7 Å². The van der Waals surface area contributed by atoms with Gasteiger partial charge in [0.2, 0.25) is 5.43 Å². The largest absolute Gasteiger partial charge is 0.488 e. The second kappa shape index (κ2) is 3.57. The van der Waals surface area contributed by atoms with Crippen LogP contribution in [0.1, 0.15) is 6.92 Å². The molecule has 1 rings (SSSR count). The fourth-order valence-electron chi connectivity index (χ4n) is 0.702. The van der Waals surface area contributed by atoms with E-state index in [-0.39, 0.29) is 5.43 Å². The maximum absolute atomic E-state index is 11.2. The zero-order valence-corrected chi connectivity index (χ0v) is 7.64. The van der Waals surface area contributed by atoms with Gasteiger partial charge in [0.25, 0.3) is 0 Å². The van der Waals surface area contributed by atoms with E-state index < -0.39 is 0 Å². The molecule has 0 bridgehead atoms. The van der Waals surface area contributed by atoms with Gasteiger partial charge in [0.1, 0.15) is 0 Å². The molecule has 0 spiro atoms. The minimum absolute atomic E-state index is 0.120. The van der Waals surface area contributed by atoms with Crippen LogP contribution in [-0.4, -0.2) is 11.6 Å². The number of rotatable bonds is 2. The predicted octanol–water partition coefficient (Wildman–Crippen LogP) is 1.54. The Morgan fingerprint density at radius 2 is 2.36 bits per heavy atom. The Morgan fingerprint density at radius 1 is 1.64 bits per heavy atom. The zero-order valence-electron chi connectivity index (χ0n) is 6.06. The van der Waals surface area contributed by atoms with E-state index in [1.807, 2.05) is 6.92 Å². The van der Waals surface area contributed by atoms with Gasteiger partial charge >= 0.3 is 0 Å². The summed E-state index contributed by atoms with van der Waals surface area (Å²) in [6.07, 6.45) is 3.11. The van der Waals surface area contributed by atoms with E-state index >= 15 is 0 Å². The van der Waals surface area contributed by atoms with Crippen molar-refractivity contribution in [3.05, 3.63) is 27.1 Å². The third-order valence-corrected chi connectivity index (χ3v) is 1.75. The highest BCUT2D eigenvalue weighted by Gasteiger charge is 2.01.